The number of carbonyl (C=O) groups excluding carboxylic acids is 1. The van der Waals surface area contributed by atoms with Crippen LogP contribution in [0.1, 0.15) is 0 Å². The quantitative estimate of drug-likeness (QED) is 0.772. The van der Waals surface area contributed by atoms with Gasteiger partial charge in [-0.3, -0.25) is 0 Å². The van der Waals surface area contributed by atoms with Crippen LogP contribution in [0.2, 0.25) is 0 Å². The maximum Gasteiger partial charge on any atom is 0.315 e. The molecule has 0 fully saturated rings. The number of nitrogens with one attached hydrogen (secondary N) is 2. The lowest BCUT2D eigenvalue weighted by Crippen LogP contribution is -2.45. The number of amides is 2. The van der Waals surface area contributed by atoms with Crippen molar-refractivity contribution >= 4 is 6.03 Å². The molecule has 6 heteroatoms. The van der Waals surface area contributed by atoms with Crippen molar-refractivity contribution in [2.75, 3.05) is 33.4 Å². The van der Waals surface area contributed by atoms with Gasteiger partial charge in [0, 0.05) is 13.7 Å². The second-order valence-corrected chi connectivity index (χ2v) is 4.13. The normalized spacial score (nSPS) is 16.8. The number of hydrogen-bond acceptors (Lipinski definition) is 4. The summed E-state index contributed by atoms with van der Waals surface area (Å²) in [5.41, 5.74) is 0. The van der Waals surface area contributed by atoms with E-state index in [0.717, 1.165) is 5.75 Å². The average Bonchev–Trinajstić information content (AvgIpc) is 2.45. The van der Waals surface area contributed by atoms with E-state index in [4.69, 9.17) is 14.2 Å². The van der Waals surface area contributed by atoms with Crippen molar-refractivity contribution in [2.24, 2.45) is 0 Å². The van der Waals surface area contributed by atoms with Crippen LogP contribution in [0.3, 0.4) is 0 Å². The van der Waals surface area contributed by atoms with Gasteiger partial charge in [0.1, 0.15) is 6.61 Å². The molecule has 0 radical (unpaired) electrons. The van der Waals surface area contributed by atoms with E-state index < -0.39 is 0 Å². The molecule has 0 saturated heterocycles. The standard InChI is InChI=1S/C13H18N2O4/c1-17-7-6-14-13(16)15-8-10-9-18-11-4-2-3-5-12(11)19-10/h2-5,10H,6-9H2,1H3,(H2,14,15,16)/t10-/m0/s1. The van der Waals surface area contributed by atoms with Gasteiger partial charge in [-0.05, 0) is 12.1 Å². The summed E-state index contributed by atoms with van der Waals surface area (Å²) in [4.78, 5) is 11.4. The molecule has 0 aliphatic carbocycles. The molecular weight excluding hydrogens is 248 g/mol. The predicted molar refractivity (Wildman–Crippen MR) is 69.6 cm³/mol. The predicted octanol–water partition coefficient (Wildman–Crippen LogP) is 0.772. The molecule has 1 aromatic rings. The number of fused-ring (bicyclic) bond motifs is 1. The lowest BCUT2D eigenvalue weighted by molar-refractivity contribution is 0.0917. The Balaban J connectivity index is 1.72. The van der Waals surface area contributed by atoms with Gasteiger partial charge in [-0.2, -0.15) is 0 Å². The van der Waals surface area contributed by atoms with Crippen molar-refractivity contribution in [1.29, 1.82) is 0 Å². The molecule has 0 aromatic heterocycles. The topological polar surface area (TPSA) is 68.8 Å². The number of carbonyl (C=O) groups is 1. The zero-order valence-electron chi connectivity index (χ0n) is 10.8. The van der Waals surface area contributed by atoms with E-state index in [2.05, 4.69) is 10.6 Å². The molecule has 19 heavy (non-hydrogen) atoms. The number of ether oxygens (including phenoxy) is 3. The Morgan fingerprint density at radius 3 is 2.95 bits per heavy atom. The average molecular weight is 266 g/mol. The van der Waals surface area contributed by atoms with Gasteiger partial charge in [-0.25, -0.2) is 4.79 Å². The maximum absolute atomic E-state index is 11.4. The van der Waals surface area contributed by atoms with Gasteiger partial charge >= 0.3 is 6.03 Å². The number of para-hydroxylation sites is 2. The van der Waals surface area contributed by atoms with E-state index >= 15 is 0 Å². The molecule has 0 unspecified atom stereocenters. The molecule has 0 saturated carbocycles. The summed E-state index contributed by atoms with van der Waals surface area (Å²) in [6, 6.07) is 7.25. The zero-order chi connectivity index (χ0) is 13.5. The highest BCUT2D eigenvalue weighted by molar-refractivity contribution is 5.73. The molecule has 104 valence electrons. The van der Waals surface area contributed by atoms with Crippen molar-refractivity contribution < 1.29 is 19.0 Å². The van der Waals surface area contributed by atoms with Crippen LogP contribution in [-0.4, -0.2) is 45.5 Å². The Morgan fingerprint density at radius 1 is 1.37 bits per heavy atom. The van der Waals surface area contributed by atoms with Crippen LogP contribution in [-0.2, 0) is 4.74 Å². The van der Waals surface area contributed by atoms with E-state index in [1.54, 1.807) is 7.11 Å². The molecule has 2 rings (SSSR count). The lowest BCUT2D eigenvalue weighted by Gasteiger charge is -2.26. The first kappa shape index (κ1) is 13.5. The van der Waals surface area contributed by atoms with E-state index in [1.807, 2.05) is 24.3 Å². The van der Waals surface area contributed by atoms with Crippen LogP contribution in [0.4, 0.5) is 4.79 Å². The van der Waals surface area contributed by atoms with Gasteiger partial charge in [0.25, 0.3) is 0 Å². The third-order valence-corrected chi connectivity index (χ3v) is 2.65. The van der Waals surface area contributed by atoms with E-state index in [-0.39, 0.29) is 12.1 Å². The fourth-order valence-corrected chi connectivity index (χ4v) is 1.70. The minimum atomic E-state index is -0.237. The summed E-state index contributed by atoms with van der Waals surface area (Å²) in [6.45, 7) is 1.79. The van der Waals surface area contributed by atoms with Gasteiger partial charge in [0.05, 0.1) is 13.2 Å². The second-order valence-electron chi connectivity index (χ2n) is 4.13. The van der Waals surface area contributed by atoms with Crippen LogP contribution < -0.4 is 20.1 Å². The SMILES string of the molecule is COCCNC(=O)NC[C@H]1COc2ccccc2O1. The molecule has 2 N–H and O–H groups in total. The molecule has 0 bridgehead atoms. The molecule has 1 aliphatic heterocycles. The molecule has 6 nitrogen and oxygen atoms in total. The number of methoxy groups -OCH3 is 1. The van der Waals surface area contributed by atoms with Crippen molar-refractivity contribution in [1.82, 2.24) is 10.6 Å². The summed E-state index contributed by atoms with van der Waals surface area (Å²) in [5, 5.41) is 5.40. The largest absolute Gasteiger partial charge is 0.486 e. The third-order valence-electron chi connectivity index (χ3n) is 2.65. The van der Waals surface area contributed by atoms with Gasteiger partial charge in [0.15, 0.2) is 17.6 Å². The Labute approximate surface area is 112 Å². The highest BCUT2D eigenvalue weighted by atomic mass is 16.6. The molecule has 1 atom stereocenters. The van der Waals surface area contributed by atoms with Crippen molar-refractivity contribution in [3.63, 3.8) is 0 Å². The van der Waals surface area contributed by atoms with Crippen LogP contribution in [0.5, 0.6) is 11.5 Å². The first-order valence-corrected chi connectivity index (χ1v) is 6.18. The van der Waals surface area contributed by atoms with Crippen LogP contribution in [0.15, 0.2) is 24.3 Å². The lowest BCUT2D eigenvalue weighted by atomic mass is 10.2. The molecular formula is C13H18N2O4. The first-order valence-electron chi connectivity index (χ1n) is 6.18. The Hall–Kier alpha value is -1.95. The van der Waals surface area contributed by atoms with Crippen LogP contribution >= 0.6 is 0 Å². The number of urea groups is 1. The summed E-state index contributed by atoms with van der Waals surface area (Å²) in [5.74, 6) is 1.45. The fourth-order valence-electron chi connectivity index (χ4n) is 1.70. The minimum Gasteiger partial charge on any atom is -0.486 e. The summed E-state index contributed by atoms with van der Waals surface area (Å²) in [7, 11) is 1.59. The van der Waals surface area contributed by atoms with Crippen LogP contribution in [0.25, 0.3) is 0 Å². The highest BCUT2D eigenvalue weighted by Crippen LogP contribution is 2.30. The van der Waals surface area contributed by atoms with E-state index in [0.29, 0.717) is 32.1 Å². The molecule has 0 spiro atoms. The first-order chi connectivity index (χ1) is 9.29. The van der Waals surface area contributed by atoms with E-state index in [1.165, 1.54) is 0 Å². The van der Waals surface area contributed by atoms with Gasteiger partial charge in [0.2, 0.25) is 0 Å². The monoisotopic (exact) mass is 266 g/mol. The summed E-state index contributed by atoms with van der Waals surface area (Å²) >= 11 is 0. The number of hydrogen-bond donors (Lipinski definition) is 2. The van der Waals surface area contributed by atoms with Gasteiger partial charge < -0.3 is 24.8 Å². The van der Waals surface area contributed by atoms with Crippen molar-refractivity contribution in [3.8, 4) is 11.5 Å². The Kier molecular flexibility index (Phi) is 4.85. The molecule has 1 heterocycles. The number of rotatable bonds is 5. The smallest absolute Gasteiger partial charge is 0.315 e. The molecule has 1 aliphatic rings. The van der Waals surface area contributed by atoms with Gasteiger partial charge in [-0.15, -0.1) is 0 Å². The van der Waals surface area contributed by atoms with E-state index in [9.17, 15) is 4.79 Å². The summed E-state index contributed by atoms with van der Waals surface area (Å²) in [6.07, 6.45) is -0.178. The third kappa shape index (κ3) is 4.03. The Morgan fingerprint density at radius 2 is 2.16 bits per heavy atom. The highest BCUT2D eigenvalue weighted by Gasteiger charge is 2.20. The maximum atomic E-state index is 11.4. The zero-order valence-corrected chi connectivity index (χ0v) is 10.8. The summed E-state index contributed by atoms with van der Waals surface area (Å²) < 4.78 is 16.1. The molecule has 1 aromatic carbocycles. The number of benzene rings is 1. The minimum absolute atomic E-state index is 0.178. The molecule has 2 amide bonds. The van der Waals surface area contributed by atoms with Gasteiger partial charge in [-0.1, -0.05) is 12.1 Å². The van der Waals surface area contributed by atoms with Crippen molar-refractivity contribution in [2.45, 2.75) is 6.10 Å². The van der Waals surface area contributed by atoms with Crippen molar-refractivity contribution in [3.05, 3.63) is 24.3 Å². The Bertz CT molecular complexity index is 425. The second kappa shape index (κ2) is 6.84. The fraction of sp³-hybridized carbons (Fsp3) is 0.462. The van der Waals surface area contributed by atoms with Crippen LogP contribution in [0, 0.1) is 0 Å².